The number of benzene rings is 1. The first-order valence-electron chi connectivity index (χ1n) is 11.4. The van der Waals surface area contributed by atoms with E-state index in [1.54, 1.807) is 7.11 Å². The number of nitrogens with one attached hydrogen (secondary N) is 1. The Hall–Kier alpha value is -3.45. The Bertz CT molecular complexity index is 1300. The molecule has 1 aliphatic heterocycles. The van der Waals surface area contributed by atoms with Crippen LogP contribution in [0.25, 0.3) is 33.5 Å². The molecule has 1 aromatic carbocycles. The second kappa shape index (κ2) is 8.48. The summed E-state index contributed by atoms with van der Waals surface area (Å²) in [5.41, 5.74) is 7.70. The van der Waals surface area contributed by atoms with E-state index in [1.165, 1.54) is 11.1 Å². The molecule has 1 N–H and O–H groups in total. The lowest BCUT2D eigenvalue weighted by Gasteiger charge is -2.38. The Labute approximate surface area is 194 Å². The van der Waals surface area contributed by atoms with E-state index >= 15 is 0 Å². The molecule has 1 fully saturated rings. The fraction of sp³-hybridized carbons (Fsp3) is 0.346. The van der Waals surface area contributed by atoms with Crippen molar-refractivity contribution in [2.45, 2.75) is 26.8 Å². The first-order valence-corrected chi connectivity index (χ1v) is 11.4. The Kier molecular flexibility index (Phi) is 5.50. The Morgan fingerprint density at radius 1 is 1.09 bits per heavy atom. The van der Waals surface area contributed by atoms with Crippen molar-refractivity contribution in [3.63, 3.8) is 0 Å². The molecule has 1 saturated heterocycles. The van der Waals surface area contributed by atoms with Crippen LogP contribution in [0.3, 0.4) is 0 Å². The zero-order valence-corrected chi connectivity index (χ0v) is 19.9. The summed E-state index contributed by atoms with van der Waals surface area (Å²) in [5, 5.41) is 7.70. The number of methoxy groups -OCH3 is 1. The number of piperazine rings is 1. The minimum Gasteiger partial charge on any atom is -0.494 e. The summed E-state index contributed by atoms with van der Waals surface area (Å²) >= 11 is 0. The molecule has 0 saturated carbocycles. The Morgan fingerprint density at radius 2 is 1.94 bits per heavy atom. The number of hydrogen-bond acceptors (Lipinski definition) is 6. The number of H-pyrrole nitrogens is 1. The van der Waals surface area contributed by atoms with Crippen LogP contribution in [0.2, 0.25) is 0 Å². The zero-order chi connectivity index (χ0) is 23.1. The normalized spacial score (nSPS) is 17.0. The van der Waals surface area contributed by atoms with Gasteiger partial charge in [0.2, 0.25) is 0 Å². The molecule has 5 rings (SSSR count). The molecular weight excluding hydrogens is 412 g/mol. The van der Waals surface area contributed by atoms with Crippen molar-refractivity contribution in [1.29, 1.82) is 0 Å². The highest BCUT2D eigenvalue weighted by molar-refractivity contribution is 5.93. The lowest BCUT2D eigenvalue weighted by molar-refractivity contribution is 0.233. The molecule has 0 bridgehead atoms. The average molecular weight is 443 g/mol. The van der Waals surface area contributed by atoms with Crippen molar-refractivity contribution in [2.75, 3.05) is 38.7 Å². The van der Waals surface area contributed by atoms with Gasteiger partial charge in [-0.3, -0.25) is 5.10 Å². The molecule has 4 aromatic rings. The highest BCUT2D eigenvalue weighted by Crippen LogP contribution is 2.36. The molecule has 7 heteroatoms. The molecule has 0 aliphatic carbocycles. The van der Waals surface area contributed by atoms with Gasteiger partial charge in [-0.25, -0.2) is 9.97 Å². The van der Waals surface area contributed by atoms with Gasteiger partial charge in [0.15, 0.2) is 0 Å². The van der Waals surface area contributed by atoms with Crippen molar-refractivity contribution in [3.8, 4) is 28.3 Å². The molecule has 1 unspecified atom stereocenters. The number of ether oxygens (including phenoxy) is 1. The predicted molar refractivity (Wildman–Crippen MR) is 133 cm³/mol. The van der Waals surface area contributed by atoms with Gasteiger partial charge in [0.1, 0.15) is 28.5 Å². The molecule has 170 valence electrons. The Morgan fingerprint density at radius 3 is 2.67 bits per heavy atom. The molecule has 3 aromatic heterocycles. The van der Waals surface area contributed by atoms with Crippen molar-refractivity contribution >= 4 is 16.9 Å². The van der Waals surface area contributed by atoms with Gasteiger partial charge >= 0.3 is 0 Å². The summed E-state index contributed by atoms with van der Waals surface area (Å²) in [5.74, 6) is 1.73. The molecule has 33 heavy (non-hydrogen) atoms. The molecule has 4 heterocycles. The maximum Gasteiger partial charge on any atom is 0.147 e. The lowest BCUT2D eigenvalue weighted by atomic mass is 9.99. The molecule has 1 aliphatic rings. The van der Waals surface area contributed by atoms with Gasteiger partial charge in [-0.05, 0) is 51.1 Å². The van der Waals surface area contributed by atoms with Gasteiger partial charge in [-0.15, -0.1) is 0 Å². The topological polar surface area (TPSA) is 70.2 Å². The monoisotopic (exact) mass is 442 g/mol. The summed E-state index contributed by atoms with van der Waals surface area (Å²) in [6.07, 6.45) is 1.90. The number of rotatable bonds is 4. The number of nitrogens with zero attached hydrogens (tertiary/aromatic N) is 5. The number of hydrogen-bond donors (Lipinski definition) is 1. The van der Waals surface area contributed by atoms with Crippen LogP contribution < -0.4 is 9.64 Å². The number of aromatic nitrogens is 4. The van der Waals surface area contributed by atoms with Crippen LogP contribution in [0, 0.1) is 13.8 Å². The Balaban J connectivity index is 1.53. The van der Waals surface area contributed by atoms with Gasteiger partial charge < -0.3 is 14.5 Å². The second-order valence-corrected chi connectivity index (χ2v) is 8.94. The second-order valence-electron chi connectivity index (χ2n) is 8.94. The van der Waals surface area contributed by atoms with E-state index in [9.17, 15) is 0 Å². The van der Waals surface area contributed by atoms with Gasteiger partial charge in [0.05, 0.1) is 12.6 Å². The molecule has 1 atom stereocenters. The summed E-state index contributed by atoms with van der Waals surface area (Å²) in [6, 6.07) is 12.9. The summed E-state index contributed by atoms with van der Waals surface area (Å²) in [6.45, 7) is 9.49. The van der Waals surface area contributed by atoms with Crippen LogP contribution in [0.4, 0.5) is 5.82 Å². The van der Waals surface area contributed by atoms with Crippen LogP contribution in [-0.4, -0.2) is 64.9 Å². The van der Waals surface area contributed by atoms with Crippen molar-refractivity contribution in [2.24, 2.45) is 0 Å². The van der Waals surface area contributed by atoms with E-state index in [1.807, 2.05) is 12.3 Å². The SMILES string of the molecule is COc1cc2[nH]nc(-c3ccc(N4CCN(C)C(C)C4)nc3)c2nc1-c1cccc(C)c1C. The minimum atomic E-state index is 0.512. The van der Waals surface area contributed by atoms with Crippen LogP contribution >= 0.6 is 0 Å². The summed E-state index contributed by atoms with van der Waals surface area (Å²) in [7, 11) is 3.85. The van der Waals surface area contributed by atoms with Gasteiger partial charge in [0, 0.05) is 49.1 Å². The quantitative estimate of drug-likeness (QED) is 0.503. The van der Waals surface area contributed by atoms with E-state index in [2.05, 4.69) is 78.1 Å². The van der Waals surface area contributed by atoms with E-state index < -0.39 is 0 Å². The molecule has 7 nitrogen and oxygen atoms in total. The summed E-state index contributed by atoms with van der Waals surface area (Å²) < 4.78 is 5.69. The molecular formula is C26H30N6O. The van der Waals surface area contributed by atoms with Crippen molar-refractivity contribution in [3.05, 3.63) is 53.7 Å². The van der Waals surface area contributed by atoms with Crippen LogP contribution in [0.5, 0.6) is 5.75 Å². The fourth-order valence-corrected chi connectivity index (χ4v) is 4.46. The smallest absolute Gasteiger partial charge is 0.147 e. The number of aromatic amines is 1. The number of fused-ring (bicyclic) bond motifs is 1. The maximum absolute atomic E-state index is 5.69. The zero-order valence-electron chi connectivity index (χ0n) is 19.9. The van der Waals surface area contributed by atoms with E-state index in [0.717, 1.165) is 64.7 Å². The molecule has 0 amide bonds. The molecule has 0 radical (unpaired) electrons. The number of anilines is 1. The largest absolute Gasteiger partial charge is 0.494 e. The fourth-order valence-electron chi connectivity index (χ4n) is 4.46. The maximum atomic E-state index is 5.69. The number of likely N-dealkylation sites (N-methyl/N-ethyl adjacent to an activating group) is 1. The van der Waals surface area contributed by atoms with Crippen LogP contribution in [-0.2, 0) is 0 Å². The number of aryl methyl sites for hydroxylation is 1. The first kappa shape index (κ1) is 21.4. The minimum absolute atomic E-state index is 0.512. The van der Waals surface area contributed by atoms with Gasteiger partial charge in [-0.2, -0.15) is 5.10 Å². The average Bonchev–Trinajstić information content (AvgIpc) is 3.25. The van der Waals surface area contributed by atoms with Gasteiger partial charge in [0.25, 0.3) is 0 Å². The standard InChI is InChI=1S/C26H30N6O/c1-16-7-6-8-20(18(16)3)25-22(33-5)13-21-26(28-25)24(30-29-21)19-9-10-23(27-14-19)32-12-11-31(4)17(2)15-32/h6-10,13-14,17H,11-12,15H2,1-5H3,(H,29,30). The highest BCUT2D eigenvalue weighted by Gasteiger charge is 2.22. The van der Waals surface area contributed by atoms with Gasteiger partial charge in [-0.1, -0.05) is 18.2 Å². The third kappa shape index (κ3) is 3.82. The third-order valence-corrected chi connectivity index (χ3v) is 6.88. The predicted octanol–water partition coefficient (Wildman–Crippen LogP) is 4.45. The van der Waals surface area contributed by atoms with Crippen LogP contribution in [0.15, 0.2) is 42.6 Å². The summed E-state index contributed by atoms with van der Waals surface area (Å²) in [4.78, 5) is 14.5. The van der Waals surface area contributed by atoms with Crippen molar-refractivity contribution in [1.82, 2.24) is 25.1 Å². The third-order valence-electron chi connectivity index (χ3n) is 6.88. The number of pyridine rings is 2. The van der Waals surface area contributed by atoms with E-state index in [-0.39, 0.29) is 0 Å². The van der Waals surface area contributed by atoms with E-state index in [0.29, 0.717) is 6.04 Å². The van der Waals surface area contributed by atoms with E-state index in [4.69, 9.17) is 14.7 Å². The molecule has 0 spiro atoms. The lowest BCUT2D eigenvalue weighted by Crippen LogP contribution is -2.50. The highest BCUT2D eigenvalue weighted by atomic mass is 16.5. The van der Waals surface area contributed by atoms with Crippen molar-refractivity contribution < 1.29 is 4.74 Å². The first-order chi connectivity index (χ1) is 16.0. The van der Waals surface area contributed by atoms with Crippen LogP contribution in [0.1, 0.15) is 18.1 Å².